The van der Waals surface area contributed by atoms with Crippen molar-refractivity contribution in [1.82, 2.24) is 15.5 Å². The predicted molar refractivity (Wildman–Crippen MR) is 97.6 cm³/mol. The van der Waals surface area contributed by atoms with Crippen molar-refractivity contribution >= 4 is 29.0 Å². The van der Waals surface area contributed by atoms with Crippen LogP contribution in [0.15, 0.2) is 36.4 Å². The number of aromatic amines is 1. The standard InChI is InChI=1S/C19H16N4O3/c1-25-13-6-3-12(4-7-13)5-9-15-17-16(23-22-15)10-8-14(18(17)26-2)19(24)21-11-20/h3-10H,1-2H3,(H,21,24)(H,22,23)/b9-5+. The zero-order valence-corrected chi connectivity index (χ0v) is 14.2. The summed E-state index contributed by atoms with van der Waals surface area (Å²) >= 11 is 0. The van der Waals surface area contributed by atoms with Crippen molar-refractivity contribution in [2.45, 2.75) is 0 Å². The lowest BCUT2D eigenvalue weighted by Crippen LogP contribution is -2.18. The van der Waals surface area contributed by atoms with Crippen LogP contribution in [0.25, 0.3) is 23.1 Å². The molecule has 0 aliphatic heterocycles. The molecule has 0 bridgehead atoms. The number of nitriles is 1. The highest BCUT2D eigenvalue weighted by Crippen LogP contribution is 2.32. The molecule has 3 rings (SSSR count). The van der Waals surface area contributed by atoms with Crippen molar-refractivity contribution in [2.75, 3.05) is 14.2 Å². The van der Waals surface area contributed by atoms with Gasteiger partial charge in [-0.2, -0.15) is 10.4 Å². The van der Waals surface area contributed by atoms with Crippen LogP contribution >= 0.6 is 0 Å². The molecule has 7 heteroatoms. The summed E-state index contributed by atoms with van der Waals surface area (Å²) in [6.07, 6.45) is 5.35. The van der Waals surface area contributed by atoms with Gasteiger partial charge in [-0.25, -0.2) is 0 Å². The summed E-state index contributed by atoms with van der Waals surface area (Å²) in [5.41, 5.74) is 2.59. The molecule has 0 radical (unpaired) electrons. The molecule has 0 saturated heterocycles. The van der Waals surface area contributed by atoms with Crippen LogP contribution in [0.3, 0.4) is 0 Å². The minimum atomic E-state index is -0.530. The minimum absolute atomic E-state index is 0.266. The number of ether oxygens (including phenoxy) is 2. The molecule has 0 saturated carbocycles. The van der Waals surface area contributed by atoms with E-state index in [1.165, 1.54) is 7.11 Å². The lowest BCUT2D eigenvalue weighted by molar-refractivity contribution is 0.0970. The maximum Gasteiger partial charge on any atom is 0.268 e. The monoisotopic (exact) mass is 348 g/mol. The van der Waals surface area contributed by atoms with Crippen molar-refractivity contribution in [1.29, 1.82) is 5.26 Å². The van der Waals surface area contributed by atoms with Gasteiger partial charge >= 0.3 is 0 Å². The molecule has 3 aromatic rings. The summed E-state index contributed by atoms with van der Waals surface area (Å²) in [6, 6.07) is 10.9. The molecule has 0 atom stereocenters. The number of amides is 1. The van der Waals surface area contributed by atoms with E-state index in [4.69, 9.17) is 14.7 Å². The molecular formula is C19H16N4O3. The Kier molecular flexibility index (Phi) is 4.85. The Morgan fingerprint density at radius 1 is 1.15 bits per heavy atom. The van der Waals surface area contributed by atoms with Gasteiger partial charge in [-0.15, -0.1) is 0 Å². The number of aromatic nitrogens is 2. The molecule has 0 spiro atoms. The van der Waals surface area contributed by atoms with Gasteiger partial charge in [0.05, 0.1) is 36.4 Å². The number of benzene rings is 2. The Hall–Kier alpha value is -3.79. The Morgan fingerprint density at radius 2 is 1.92 bits per heavy atom. The number of hydrogen-bond donors (Lipinski definition) is 2. The highest BCUT2D eigenvalue weighted by Gasteiger charge is 2.18. The van der Waals surface area contributed by atoms with E-state index < -0.39 is 5.91 Å². The van der Waals surface area contributed by atoms with Crippen LogP contribution < -0.4 is 14.8 Å². The second kappa shape index (κ2) is 7.40. The first-order valence-corrected chi connectivity index (χ1v) is 7.74. The van der Waals surface area contributed by atoms with Crippen LogP contribution in [0.4, 0.5) is 0 Å². The Labute approximate surface area is 149 Å². The van der Waals surface area contributed by atoms with E-state index in [1.54, 1.807) is 25.4 Å². The van der Waals surface area contributed by atoms with Crippen molar-refractivity contribution < 1.29 is 14.3 Å². The zero-order chi connectivity index (χ0) is 18.5. The van der Waals surface area contributed by atoms with Gasteiger partial charge in [0.2, 0.25) is 0 Å². The first-order chi connectivity index (χ1) is 12.7. The molecule has 1 amide bonds. The van der Waals surface area contributed by atoms with Crippen molar-refractivity contribution in [3.63, 3.8) is 0 Å². The topological polar surface area (TPSA) is 100 Å². The number of nitrogens with one attached hydrogen (secondary N) is 2. The predicted octanol–water partition coefficient (Wildman–Crippen LogP) is 2.96. The number of hydrogen-bond acceptors (Lipinski definition) is 5. The van der Waals surface area contributed by atoms with E-state index >= 15 is 0 Å². The molecule has 0 aliphatic carbocycles. The number of nitrogens with zero attached hydrogens (tertiary/aromatic N) is 2. The van der Waals surface area contributed by atoms with Gasteiger partial charge in [-0.05, 0) is 35.9 Å². The largest absolute Gasteiger partial charge is 0.497 e. The van der Waals surface area contributed by atoms with E-state index in [1.807, 2.05) is 36.4 Å². The van der Waals surface area contributed by atoms with E-state index in [0.29, 0.717) is 16.8 Å². The summed E-state index contributed by atoms with van der Waals surface area (Å²) in [7, 11) is 3.09. The SMILES string of the molecule is COc1ccc(/C=C/c2n[nH]c3ccc(C(=O)NC#N)c(OC)c23)cc1. The Morgan fingerprint density at radius 3 is 2.58 bits per heavy atom. The molecule has 26 heavy (non-hydrogen) atoms. The summed E-state index contributed by atoms with van der Waals surface area (Å²) in [5, 5.41) is 18.7. The molecule has 130 valence electrons. The number of H-pyrrole nitrogens is 1. The van der Waals surface area contributed by atoms with Gasteiger partial charge in [0.25, 0.3) is 5.91 Å². The third kappa shape index (κ3) is 3.21. The van der Waals surface area contributed by atoms with Crippen molar-refractivity contribution in [3.8, 4) is 17.7 Å². The summed E-state index contributed by atoms with van der Waals surface area (Å²) in [6.45, 7) is 0. The average molecular weight is 348 g/mol. The third-order valence-electron chi connectivity index (χ3n) is 3.88. The van der Waals surface area contributed by atoms with Gasteiger partial charge in [-0.3, -0.25) is 15.2 Å². The van der Waals surface area contributed by atoms with Crippen LogP contribution in [0.1, 0.15) is 21.6 Å². The van der Waals surface area contributed by atoms with Crippen LogP contribution in [0, 0.1) is 11.5 Å². The average Bonchev–Trinajstić information content (AvgIpc) is 3.09. The first kappa shape index (κ1) is 17.0. The normalized spacial score (nSPS) is 10.7. The first-order valence-electron chi connectivity index (χ1n) is 7.74. The number of carbonyl (C=O) groups excluding carboxylic acids is 1. The molecule has 0 unspecified atom stereocenters. The maximum atomic E-state index is 12.1. The van der Waals surface area contributed by atoms with Crippen LogP contribution in [-0.4, -0.2) is 30.3 Å². The fourth-order valence-corrected chi connectivity index (χ4v) is 2.63. The van der Waals surface area contributed by atoms with Gasteiger partial charge in [0, 0.05) is 0 Å². The second-order valence-corrected chi connectivity index (χ2v) is 5.35. The van der Waals surface area contributed by atoms with Gasteiger partial charge in [0.1, 0.15) is 11.5 Å². The molecule has 7 nitrogen and oxygen atoms in total. The lowest BCUT2D eigenvalue weighted by Gasteiger charge is -2.08. The second-order valence-electron chi connectivity index (χ2n) is 5.35. The van der Waals surface area contributed by atoms with E-state index in [-0.39, 0.29) is 5.56 Å². The zero-order valence-electron chi connectivity index (χ0n) is 14.2. The van der Waals surface area contributed by atoms with Gasteiger partial charge in [0.15, 0.2) is 6.19 Å². The number of methoxy groups -OCH3 is 2. The maximum absolute atomic E-state index is 12.1. The third-order valence-corrected chi connectivity index (χ3v) is 3.88. The summed E-state index contributed by atoms with van der Waals surface area (Å²) in [4.78, 5) is 12.1. The molecule has 1 aromatic heterocycles. The van der Waals surface area contributed by atoms with Gasteiger partial charge in [-0.1, -0.05) is 18.2 Å². The van der Waals surface area contributed by atoms with Crippen LogP contribution in [0.2, 0.25) is 0 Å². The fraction of sp³-hybridized carbons (Fsp3) is 0.105. The Balaban J connectivity index is 2.03. The smallest absolute Gasteiger partial charge is 0.268 e. The summed E-state index contributed by atoms with van der Waals surface area (Å²) < 4.78 is 10.6. The lowest BCUT2D eigenvalue weighted by atomic mass is 10.1. The minimum Gasteiger partial charge on any atom is -0.497 e. The quantitative estimate of drug-likeness (QED) is 0.545. The number of carbonyl (C=O) groups is 1. The van der Waals surface area contributed by atoms with Crippen molar-refractivity contribution in [3.05, 3.63) is 53.2 Å². The van der Waals surface area contributed by atoms with Crippen molar-refractivity contribution in [2.24, 2.45) is 0 Å². The van der Waals surface area contributed by atoms with E-state index in [0.717, 1.165) is 16.8 Å². The molecule has 2 N–H and O–H groups in total. The fourth-order valence-electron chi connectivity index (χ4n) is 2.63. The molecule has 0 aliphatic rings. The number of fused-ring (bicyclic) bond motifs is 1. The molecule has 0 fully saturated rings. The summed E-state index contributed by atoms with van der Waals surface area (Å²) in [5.74, 6) is 0.609. The number of rotatable bonds is 5. The van der Waals surface area contributed by atoms with Gasteiger partial charge < -0.3 is 9.47 Å². The van der Waals surface area contributed by atoms with Crippen LogP contribution in [0.5, 0.6) is 11.5 Å². The molecule has 1 heterocycles. The van der Waals surface area contributed by atoms with E-state index in [9.17, 15) is 4.79 Å². The van der Waals surface area contributed by atoms with Crippen LogP contribution in [-0.2, 0) is 0 Å². The highest BCUT2D eigenvalue weighted by atomic mass is 16.5. The molecular weight excluding hydrogens is 332 g/mol. The molecule has 2 aromatic carbocycles. The Bertz CT molecular complexity index is 1010. The highest BCUT2D eigenvalue weighted by molar-refractivity contribution is 6.05. The van der Waals surface area contributed by atoms with E-state index in [2.05, 4.69) is 15.5 Å².